The third kappa shape index (κ3) is 11.0. The zero-order chi connectivity index (χ0) is 33.6. The van der Waals surface area contributed by atoms with Crippen LogP contribution in [0.3, 0.4) is 0 Å². The van der Waals surface area contributed by atoms with Crippen LogP contribution in [0.15, 0.2) is 48.6 Å². The predicted molar refractivity (Wildman–Crippen MR) is 189 cm³/mol. The summed E-state index contributed by atoms with van der Waals surface area (Å²) in [6, 6.07) is 11.4. The number of carbonyl (C=O) groups is 1. The molecule has 47 heavy (non-hydrogen) atoms. The molecule has 1 unspecified atom stereocenters. The van der Waals surface area contributed by atoms with Crippen LogP contribution >= 0.6 is 0 Å². The first-order valence-electron chi connectivity index (χ1n) is 18.9. The largest absolute Gasteiger partial charge is 0.462 e. The molecule has 2 aliphatic carbocycles. The molecule has 0 aliphatic heterocycles. The van der Waals surface area contributed by atoms with E-state index in [-0.39, 0.29) is 24.4 Å². The van der Waals surface area contributed by atoms with Gasteiger partial charge in [-0.05, 0) is 123 Å². The first kappa shape index (κ1) is 37.3. The Bertz CT molecular complexity index is 1240. The molecule has 2 aliphatic rings. The number of carbonyl (C=O) groups excluding carboxylic acids is 1. The summed E-state index contributed by atoms with van der Waals surface area (Å²) in [6.45, 7) is 8.31. The van der Waals surface area contributed by atoms with E-state index in [2.05, 4.69) is 13.5 Å². The second-order valence-corrected chi connectivity index (χ2v) is 14.6. The van der Waals surface area contributed by atoms with Crippen LogP contribution in [0.2, 0.25) is 0 Å². The summed E-state index contributed by atoms with van der Waals surface area (Å²) in [4.78, 5) is 11.9. The van der Waals surface area contributed by atoms with Crippen molar-refractivity contribution in [2.45, 2.75) is 135 Å². The standard InChI is InChI=1S/C42H60F2O3/c1-4-6-7-9-31-12-16-34(17-13-31)35-20-22-37(23-21-35)39-25-24-38(40(43)41(39)44)36-18-14-32(15-19-36)10-8-11-33(26-28-45)27-29-47-42(46)30(3)5-2/h14-15,18-19,24-25,31,33-35,37,45H,3-13,16-17,20-23,26-29H2,1-2H3. The Morgan fingerprint density at radius 1 is 0.851 bits per heavy atom. The zero-order valence-corrected chi connectivity index (χ0v) is 29.2. The molecule has 0 spiro atoms. The maximum Gasteiger partial charge on any atom is 0.333 e. The molecule has 0 saturated heterocycles. The average molecular weight is 651 g/mol. The molecule has 0 heterocycles. The van der Waals surface area contributed by atoms with Gasteiger partial charge in [0, 0.05) is 17.7 Å². The van der Waals surface area contributed by atoms with Gasteiger partial charge in [0.25, 0.3) is 0 Å². The lowest BCUT2D eigenvalue weighted by atomic mass is 9.68. The number of aliphatic hydroxyl groups excluding tert-OH is 1. The molecule has 260 valence electrons. The molecule has 0 aromatic heterocycles. The maximum absolute atomic E-state index is 15.5. The number of unbranched alkanes of at least 4 members (excludes halogenated alkanes) is 2. The van der Waals surface area contributed by atoms with Crippen molar-refractivity contribution in [1.29, 1.82) is 0 Å². The lowest BCUT2D eigenvalue weighted by Crippen LogP contribution is -2.25. The Hall–Kier alpha value is -2.53. The van der Waals surface area contributed by atoms with E-state index in [1.807, 2.05) is 37.3 Å². The van der Waals surface area contributed by atoms with Crippen molar-refractivity contribution in [3.63, 3.8) is 0 Å². The molecule has 0 radical (unpaired) electrons. The molecule has 1 N–H and O–H groups in total. The number of aliphatic hydroxyl groups is 1. The van der Waals surface area contributed by atoms with E-state index >= 15 is 8.78 Å². The van der Waals surface area contributed by atoms with Crippen LogP contribution in [0.4, 0.5) is 8.78 Å². The Morgan fingerprint density at radius 2 is 1.53 bits per heavy atom. The Balaban J connectivity index is 1.24. The molecule has 0 bridgehead atoms. The van der Waals surface area contributed by atoms with Crippen LogP contribution < -0.4 is 0 Å². The van der Waals surface area contributed by atoms with E-state index in [1.165, 1.54) is 51.4 Å². The van der Waals surface area contributed by atoms with E-state index in [1.54, 1.807) is 6.07 Å². The number of benzene rings is 2. The Morgan fingerprint density at radius 3 is 2.17 bits per heavy atom. The summed E-state index contributed by atoms with van der Waals surface area (Å²) in [5, 5.41) is 9.47. The number of esters is 1. The minimum absolute atomic E-state index is 0.108. The highest BCUT2D eigenvalue weighted by Crippen LogP contribution is 2.45. The van der Waals surface area contributed by atoms with Crippen molar-refractivity contribution in [3.05, 3.63) is 71.3 Å². The summed E-state index contributed by atoms with van der Waals surface area (Å²) < 4.78 is 36.3. The van der Waals surface area contributed by atoms with Gasteiger partial charge in [-0.25, -0.2) is 13.6 Å². The zero-order valence-electron chi connectivity index (χ0n) is 29.2. The average Bonchev–Trinajstić information content (AvgIpc) is 3.10. The molecule has 0 amide bonds. The lowest BCUT2D eigenvalue weighted by Gasteiger charge is -2.38. The quantitative estimate of drug-likeness (QED) is 0.0992. The van der Waals surface area contributed by atoms with E-state index in [9.17, 15) is 9.90 Å². The van der Waals surface area contributed by atoms with Crippen LogP contribution in [-0.2, 0) is 16.0 Å². The smallest absolute Gasteiger partial charge is 0.333 e. The number of ether oxygens (including phenoxy) is 1. The van der Waals surface area contributed by atoms with Gasteiger partial charge in [0.05, 0.1) is 6.61 Å². The third-order valence-corrected chi connectivity index (χ3v) is 11.5. The maximum atomic E-state index is 15.5. The highest BCUT2D eigenvalue weighted by Gasteiger charge is 2.32. The molecule has 2 aromatic rings. The number of hydrogen-bond acceptors (Lipinski definition) is 3. The van der Waals surface area contributed by atoms with E-state index in [0.29, 0.717) is 48.1 Å². The molecular formula is C42H60F2O3. The summed E-state index contributed by atoms with van der Waals surface area (Å²) in [5.74, 6) is 1.16. The van der Waals surface area contributed by atoms with Crippen molar-refractivity contribution in [3.8, 4) is 11.1 Å². The summed E-state index contributed by atoms with van der Waals surface area (Å²) in [5.41, 5.74) is 3.19. The summed E-state index contributed by atoms with van der Waals surface area (Å²) >= 11 is 0. The van der Waals surface area contributed by atoms with Gasteiger partial charge in [-0.1, -0.05) is 95.3 Å². The number of rotatable bonds is 18. The summed E-state index contributed by atoms with van der Waals surface area (Å²) in [6.07, 6.45) is 19.8. The van der Waals surface area contributed by atoms with Crippen LogP contribution in [0.1, 0.15) is 140 Å². The van der Waals surface area contributed by atoms with Gasteiger partial charge in [-0.3, -0.25) is 0 Å². The minimum atomic E-state index is -0.728. The second-order valence-electron chi connectivity index (χ2n) is 14.6. The van der Waals surface area contributed by atoms with E-state index < -0.39 is 11.6 Å². The molecule has 2 aromatic carbocycles. The Labute approximate surface area is 283 Å². The van der Waals surface area contributed by atoms with Gasteiger partial charge in [0.1, 0.15) is 0 Å². The van der Waals surface area contributed by atoms with Gasteiger partial charge < -0.3 is 9.84 Å². The fraction of sp³-hybridized carbons (Fsp3) is 0.643. The molecule has 1 atom stereocenters. The summed E-state index contributed by atoms with van der Waals surface area (Å²) in [7, 11) is 0. The molecule has 2 fully saturated rings. The first-order chi connectivity index (χ1) is 22.8. The van der Waals surface area contributed by atoms with Gasteiger partial charge in [-0.15, -0.1) is 0 Å². The topological polar surface area (TPSA) is 46.5 Å². The number of aryl methyl sites for hydroxylation is 1. The van der Waals surface area contributed by atoms with Crippen LogP contribution in [-0.4, -0.2) is 24.3 Å². The highest BCUT2D eigenvalue weighted by molar-refractivity contribution is 5.87. The van der Waals surface area contributed by atoms with Gasteiger partial charge in [0.15, 0.2) is 11.6 Å². The van der Waals surface area contributed by atoms with Gasteiger partial charge in [0.2, 0.25) is 0 Å². The predicted octanol–water partition coefficient (Wildman–Crippen LogP) is 11.5. The van der Waals surface area contributed by atoms with Crippen molar-refractivity contribution in [1.82, 2.24) is 0 Å². The van der Waals surface area contributed by atoms with Crippen molar-refractivity contribution in [2.75, 3.05) is 13.2 Å². The normalized spacial score (nSPS) is 22.1. The lowest BCUT2D eigenvalue weighted by molar-refractivity contribution is -0.139. The molecular weight excluding hydrogens is 590 g/mol. The fourth-order valence-electron chi connectivity index (χ4n) is 8.26. The van der Waals surface area contributed by atoms with Gasteiger partial charge in [-0.2, -0.15) is 0 Å². The number of halogens is 2. The third-order valence-electron chi connectivity index (χ3n) is 11.5. The minimum Gasteiger partial charge on any atom is -0.462 e. The Kier molecular flexibility index (Phi) is 15.4. The fourth-order valence-corrected chi connectivity index (χ4v) is 8.26. The van der Waals surface area contributed by atoms with Crippen molar-refractivity contribution >= 4 is 5.97 Å². The van der Waals surface area contributed by atoms with Gasteiger partial charge >= 0.3 is 5.97 Å². The van der Waals surface area contributed by atoms with E-state index in [0.717, 1.165) is 68.3 Å². The molecule has 2 saturated carbocycles. The van der Waals surface area contributed by atoms with E-state index in [4.69, 9.17) is 4.74 Å². The number of hydrogen-bond donors (Lipinski definition) is 1. The first-order valence-corrected chi connectivity index (χ1v) is 18.9. The SMILES string of the molecule is C=C(CC)C(=O)OCCC(CCO)CCCc1ccc(-c2ccc(C3CCC(C4CCC(CCCCC)CC4)CC3)c(F)c2F)cc1. The second kappa shape index (κ2) is 19.5. The van der Waals surface area contributed by atoms with Crippen LogP contribution in [0, 0.1) is 35.3 Å². The van der Waals surface area contributed by atoms with Crippen molar-refractivity contribution in [2.24, 2.45) is 23.7 Å². The van der Waals surface area contributed by atoms with Crippen LogP contribution in [0.5, 0.6) is 0 Å². The van der Waals surface area contributed by atoms with Crippen molar-refractivity contribution < 1.29 is 23.4 Å². The highest BCUT2D eigenvalue weighted by atomic mass is 19.2. The molecule has 5 heteroatoms. The van der Waals surface area contributed by atoms with Crippen LogP contribution in [0.25, 0.3) is 11.1 Å². The molecule has 3 nitrogen and oxygen atoms in total. The molecule has 4 rings (SSSR count). The monoisotopic (exact) mass is 650 g/mol.